The van der Waals surface area contributed by atoms with Gasteiger partial charge in [0.05, 0.1) is 12.1 Å². The molecule has 1 aliphatic heterocycles. The molecule has 1 aromatic carbocycles. The van der Waals surface area contributed by atoms with Gasteiger partial charge < -0.3 is 15.3 Å². The number of aliphatic hydroxyl groups is 1. The van der Waals surface area contributed by atoms with Crippen LogP contribution in [0.4, 0.5) is 4.39 Å². The lowest BCUT2D eigenvalue weighted by molar-refractivity contribution is 0.0472. The average molecular weight is 266 g/mol. The van der Waals surface area contributed by atoms with Gasteiger partial charge in [-0.2, -0.15) is 0 Å². The van der Waals surface area contributed by atoms with E-state index in [1.807, 2.05) is 11.9 Å². The van der Waals surface area contributed by atoms with Crippen LogP contribution in [-0.2, 0) is 0 Å². The van der Waals surface area contributed by atoms with Crippen LogP contribution in [0.25, 0.3) is 0 Å². The van der Waals surface area contributed by atoms with Gasteiger partial charge in [0.15, 0.2) is 0 Å². The number of hydrogen-bond acceptors (Lipinski definition) is 3. The van der Waals surface area contributed by atoms with Gasteiger partial charge in [-0.05, 0) is 44.6 Å². The van der Waals surface area contributed by atoms with Crippen LogP contribution in [0.2, 0.25) is 0 Å². The van der Waals surface area contributed by atoms with Crippen LogP contribution in [0.5, 0.6) is 0 Å². The Hall–Kier alpha value is -1.46. The maximum atomic E-state index is 13.2. The maximum absolute atomic E-state index is 13.2. The van der Waals surface area contributed by atoms with Gasteiger partial charge in [0.2, 0.25) is 0 Å². The number of likely N-dealkylation sites (N-methyl/N-ethyl adjacent to an activating group) is 1. The summed E-state index contributed by atoms with van der Waals surface area (Å²) in [7, 11) is 1.93. The van der Waals surface area contributed by atoms with E-state index in [2.05, 4.69) is 5.32 Å². The zero-order valence-corrected chi connectivity index (χ0v) is 11.2. The van der Waals surface area contributed by atoms with Gasteiger partial charge in [0, 0.05) is 12.1 Å². The van der Waals surface area contributed by atoms with Crippen LogP contribution in [0.3, 0.4) is 0 Å². The molecule has 1 aliphatic rings. The number of aliphatic hydroxyl groups excluding tert-OH is 1. The molecule has 0 bridgehead atoms. The highest BCUT2D eigenvalue weighted by atomic mass is 19.1. The van der Waals surface area contributed by atoms with Crippen molar-refractivity contribution >= 4 is 5.91 Å². The summed E-state index contributed by atoms with van der Waals surface area (Å²) < 4.78 is 13.2. The average Bonchev–Trinajstić information content (AvgIpc) is 2.35. The van der Waals surface area contributed by atoms with Crippen molar-refractivity contribution in [2.45, 2.75) is 25.5 Å². The van der Waals surface area contributed by atoms with Crippen molar-refractivity contribution < 1.29 is 14.3 Å². The molecule has 0 aliphatic carbocycles. The molecule has 1 amide bonds. The predicted octanol–water partition coefficient (Wildman–Crippen LogP) is 0.929. The van der Waals surface area contributed by atoms with E-state index in [4.69, 9.17) is 0 Å². The molecule has 0 spiro atoms. The number of likely N-dealkylation sites (tertiary alicyclic amines) is 1. The molecule has 104 valence electrons. The number of rotatable bonds is 2. The molecule has 0 aromatic heterocycles. The summed E-state index contributed by atoms with van der Waals surface area (Å²) >= 11 is 0. The third-order valence-corrected chi connectivity index (χ3v) is 3.55. The van der Waals surface area contributed by atoms with Gasteiger partial charge in [-0.3, -0.25) is 4.79 Å². The molecule has 1 fully saturated rings. The molecule has 2 unspecified atom stereocenters. The highest BCUT2D eigenvalue weighted by Crippen LogP contribution is 2.13. The summed E-state index contributed by atoms with van der Waals surface area (Å²) in [5, 5.41) is 12.7. The van der Waals surface area contributed by atoms with Crippen LogP contribution >= 0.6 is 0 Å². The van der Waals surface area contributed by atoms with Crippen LogP contribution in [-0.4, -0.2) is 48.2 Å². The molecule has 1 heterocycles. The first-order valence-corrected chi connectivity index (χ1v) is 6.41. The molecule has 2 atom stereocenters. The Morgan fingerprint density at radius 1 is 1.53 bits per heavy atom. The largest absolute Gasteiger partial charge is 0.390 e. The number of nitrogens with one attached hydrogen (secondary N) is 1. The topological polar surface area (TPSA) is 52.6 Å². The monoisotopic (exact) mass is 266 g/mol. The molecule has 19 heavy (non-hydrogen) atoms. The second-order valence-corrected chi connectivity index (χ2v) is 5.16. The molecule has 2 N–H and O–H groups in total. The summed E-state index contributed by atoms with van der Waals surface area (Å²) in [5.74, 6) is -0.759. The van der Waals surface area contributed by atoms with E-state index in [-0.39, 0.29) is 11.9 Å². The van der Waals surface area contributed by atoms with E-state index in [1.54, 1.807) is 13.0 Å². The molecule has 4 nitrogen and oxygen atoms in total. The second kappa shape index (κ2) is 5.67. The predicted molar refractivity (Wildman–Crippen MR) is 70.5 cm³/mol. The van der Waals surface area contributed by atoms with Crippen molar-refractivity contribution in [3.8, 4) is 0 Å². The Balaban J connectivity index is 2.06. The number of amides is 1. The number of halogens is 1. The minimum atomic E-state index is -0.587. The summed E-state index contributed by atoms with van der Waals surface area (Å²) in [6.07, 6.45) is 0.106. The number of nitrogens with zero attached hydrogens (tertiary/aromatic N) is 1. The summed E-state index contributed by atoms with van der Waals surface area (Å²) in [5.41, 5.74) is 1.05. The van der Waals surface area contributed by atoms with Crippen molar-refractivity contribution in [3.63, 3.8) is 0 Å². The number of carbonyl (C=O) groups is 1. The van der Waals surface area contributed by atoms with E-state index in [1.165, 1.54) is 12.1 Å². The summed E-state index contributed by atoms with van der Waals surface area (Å²) in [6.45, 7) is 3.12. The van der Waals surface area contributed by atoms with Crippen molar-refractivity contribution in [2.24, 2.45) is 0 Å². The maximum Gasteiger partial charge on any atom is 0.251 e. The highest BCUT2D eigenvalue weighted by molar-refractivity contribution is 5.95. The van der Waals surface area contributed by atoms with Gasteiger partial charge in [-0.15, -0.1) is 0 Å². The number of carbonyl (C=O) groups excluding carboxylic acids is 1. The lowest BCUT2D eigenvalue weighted by Gasteiger charge is -2.34. The van der Waals surface area contributed by atoms with Gasteiger partial charge >= 0.3 is 0 Å². The fraction of sp³-hybridized carbons (Fsp3) is 0.500. The molecule has 0 saturated carbocycles. The number of hydrogen-bond donors (Lipinski definition) is 2. The Kier molecular flexibility index (Phi) is 4.17. The van der Waals surface area contributed by atoms with Gasteiger partial charge in [0.25, 0.3) is 5.91 Å². The fourth-order valence-corrected chi connectivity index (χ4v) is 2.34. The number of aryl methyl sites for hydroxylation is 1. The molecular weight excluding hydrogens is 247 g/mol. The number of β-amino-alcohol motifs (C(OH)–C–C–N with tert-alkyl or cyclic N) is 1. The highest BCUT2D eigenvalue weighted by Gasteiger charge is 2.27. The van der Waals surface area contributed by atoms with E-state index in [9.17, 15) is 14.3 Å². The molecular formula is C14H19FN2O2. The van der Waals surface area contributed by atoms with Crippen molar-refractivity contribution in [1.29, 1.82) is 0 Å². The third-order valence-electron chi connectivity index (χ3n) is 3.55. The van der Waals surface area contributed by atoms with Gasteiger partial charge in [-0.25, -0.2) is 4.39 Å². The Morgan fingerprint density at radius 3 is 2.95 bits per heavy atom. The normalized spacial score (nSPS) is 24.2. The first kappa shape index (κ1) is 14.0. The third kappa shape index (κ3) is 3.30. The summed E-state index contributed by atoms with van der Waals surface area (Å²) in [4.78, 5) is 14.1. The zero-order chi connectivity index (χ0) is 14.0. The van der Waals surface area contributed by atoms with Crippen LogP contribution in [0, 0.1) is 12.7 Å². The molecule has 0 radical (unpaired) electrons. The first-order valence-electron chi connectivity index (χ1n) is 6.41. The van der Waals surface area contributed by atoms with E-state index in [0.717, 1.165) is 12.1 Å². The second-order valence-electron chi connectivity index (χ2n) is 5.16. The molecule has 1 aromatic rings. The molecule has 1 saturated heterocycles. The minimum absolute atomic E-state index is 0.272. The molecule has 2 rings (SSSR count). The standard InChI is InChI=1S/C14H19FN2O2/c1-9-3-4-10(15)7-11(9)14(19)16-12-5-6-17(2)8-13(12)18/h3-4,7,12-13,18H,5-6,8H2,1-2H3,(H,16,19). The number of piperidine rings is 1. The minimum Gasteiger partial charge on any atom is -0.390 e. The lowest BCUT2D eigenvalue weighted by atomic mass is 10.0. The first-order chi connectivity index (χ1) is 8.97. The van der Waals surface area contributed by atoms with Crippen molar-refractivity contribution in [1.82, 2.24) is 10.2 Å². The SMILES string of the molecule is Cc1ccc(F)cc1C(=O)NC1CCN(C)CC1O. The van der Waals surface area contributed by atoms with Crippen LogP contribution < -0.4 is 5.32 Å². The van der Waals surface area contributed by atoms with E-state index in [0.29, 0.717) is 18.5 Å². The smallest absolute Gasteiger partial charge is 0.251 e. The van der Waals surface area contributed by atoms with Gasteiger partial charge in [0.1, 0.15) is 5.82 Å². The lowest BCUT2D eigenvalue weighted by Crippen LogP contribution is -2.53. The zero-order valence-electron chi connectivity index (χ0n) is 11.2. The number of benzene rings is 1. The Bertz CT molecular complexity index is 479. The van der Waals surface area contributed by atoms with E-state index >= 15 is 0 Å². The van der Waals surface area contributed by atoms with Crippen molar-refractivity contribution in [3.05, 3.63) is 35.1 Å². The van der Waals surface area contributed by atoms with Crippen LogP contribution in [0.15, 0.2) is 18.2 Å². The fourth-order valence-electron chi connectivity index (χ4n) is 2.34. The molecule has 5 heteroatoms. The quantitative estimate of drug-likeness (QED) is 0.837. The van der Waals surface area contributed by atoms with Gasteiger partial charge in [-0.1, -0.05) is 6.07 Å². The van der Waals surface area contributed by atoms with E-state index < -0.39 is 11.9 Å². The van der Waals surface area contributed by atoms with Crippen molar-refractivity contribution in [2.75, 3.05) is 20.1 Å². The summed E-state index contributed by atoms with van der Waals surface area (Å²) in [6, 6.07) is 3.86. The van der Waals surface area contributed by atoms with Crippen LogP contribution in [0.1, 0.15) is 22.3 Å². The Labute approximate surface area is 112 Å². The Morgan fingerprint density at radius 2 is 2.26 bits per heavy atom.